The third kappa shape index (κ3) is 13.4. The molecule has 0 amide bonds. The van der Waals surface area contributed by atoms with Crippen LogP contribution in [0, 0.1) is 0 Å². The Bertz CT molecular complexity index is 3110. The van der Waals surface area contributed by atoms with Gasteiger partial charge in [0.1, 0.15) is 33.8 Å². The Morgan fingerprint density at radius 1 is 0.547 bits per heavy atom. The van der Waals surface area contributed by atoms with Gasteiger partial charge in [-0.2, -0.15) is 0 Å². The van der Waals surface area contributed by atoms with Gasteiger partial charge in [-0.1, -0.05) is 60.7 Å². The number of carbonyl (C=O) groups excluding carboxylic acids is 3. The van der Waals surface area contributed by atoms with Gasteiger partial charge < -0.3 is 49.4 Å². The monoisotopic (exact) mass is 1030 g/mol. The second-order valence-corrected chi connectivity index (χ2v) is 17.8. The van der Waals surface area contributed by atoms with Crippen molar-refractivity contribution in [2.75, 3.05) is 61.7 Å². The summed E-state index contributed by atoms with van der Waals surface area (Å²) in [6.07, 6.45) is 8.63. The SMILES string of the molecule is COC(=O)c1c[nH]c2c(c1=O)CCN(Cc1ccccc1)C2.COC(=O)c1c[nH]c2c(c1=O)CCNC2.COC(=O)c1cnc2c(c1OC)CCNC2.COc1c(C(=O)O)cnc2c1CCN(Cc1ccccc1)C2. The Labute approximate surface area is 433 Å². The van der Waals surface area contributed by atoms with E-state index in [2.05, 4.69) is 74.1 Å². The van der Waals surface area contributed by atoms with Crippen molar-refractivity contribution in [2.24, 2.45) is 0 Å². The van der Waals surface area contributed by atoms with Gasteiger partial charge in [0.25, 0.3) is 0 Å². The number of carbonyl (C=O) groups is 4. The summed E-state index contributed by atoms with van der Waals surface area (Å²) in [6.45, 7) is 7.77. The Morgan fingerprint density at radius 3 is 1.56 bits per heavy atom. The average molecular weight is 1030 g/mol. The lowest BCUT2D eigenvalue weighted by Gasteiger charge is -2.29. The number of nitrogens with one attached hydrogen (secondary N) is 4. The summed E-state index contributed by atoms with van der Waals surface area (Å²) in [5, 5.41) is 15.6. The summed E-state index contributed by atoms with van der Waals surface area (Å²) in [5.74, 6) is -1.53. The molecule has 0 bridgehead atoms. The summed E-state index contributed by atoms with van der Waals surface area (Å²) in [7, 11) is 6.97. The highest BCUT2D eigenvalue weighted by Crippen LogP contribution is 2.31. The highest BCUT2D eigenvalue weighted by atomic mass is 16.5. The molecular weight excluding hydrogens is 965 g/mol. The third-order valence-electron chi connectivity index (χ3n) is 13.1. The lowest BCUT2D eigenvalue weighted by Crippen LogP contribution is -2.35. The Balaban J connectivity index is 0.000000148. The first-order valence-electron chi connectivity index (χ1n) is 24.4. The van der Waals surface area contributed by atoms with Crippen LogP contribution in [0.1, 0.15) is 97.6 Å². The molecule has 0 fully saturated rings. The van der Waals surface area contributed by atoms with E-state index in [1.807, 2.05) is 36.4 Å². The van der Waals surface area contributed by atoms with Gasteiger partial charge in [-0.3, -0.25) is 29.4 Å². The molecule has 0 unspecified atom stereocenters. The molecule has 0 atom stereocenters. The number of H-pyrrole nitrogens is 2. The fourth-order valence-corrected chi connectivity index (χ4v) is 9.33. The van der Waals surface area contributed by atoms with E-state index in [0.717, 1.165) is 86.0 Å². The topological polar surface area (TPSA) is 257 Å². The predicted octanol–water partition coefficient (Wildman–Crippen LogP) is 4.40. The summed E-state index contributed by atoms with van der Waals surface area (Å²) in [6, 6.07) is 20.5. The van der Waals surface area contributed by atoms with E-state index < -0.39 is 23.9 Å². The second kappa shape index (κ2) is 26.3. The van der Waals surface area contributed by atoms with E-state index in [9.17, 15) is 33.9 Å². The first-order valence-corrected chi connectivity index (χ1v) is 24.4. The van der Waals surface area contributed by atoms with E-state index in [0.29, 0.717) is 67.2 Å². The summed E-state index contributed by atoms with van der Waals surface area (Å²) in [4.78, 5) is 89.0. The number of aromatic amines is 2. The van der Waals surface area contributed by atoms with Gasteiger partial charge in [-0.05, 0) is 49.9 Å². The number of carboxylic acid groups (broad SMARTS) is 1. The largest absolute Gasteiger partial charge is 0.495 e. The molecular formula is C55H62N8O12. The van der Waals surface area contributed by atoms with Crippen LogP contribution in [-0.2, 0) is 79.2 Å². The molecule has 0 saturated heterocycles. The number of carboxylic acids is 1. The number of rotatable bonds is 10. The van der Waals surface area contributed by atoms with Crippen LogP contribution in [0.15, 0.2) is 95.0 Å². The molecule has 5 N–H and O–H groups in total. The first kappa shape index (κ1) is 54.7. The van der Waals surface area contributed by atoms with Gasteiger partial charge in [0.05, 0.1) is 46.9 Å². The number of methoxy groups -OCH3 is 5. The van der Waals surface area contributed by atoms with Crippen LogP contribution < -0.4 is 31.0 Å². The number of nitrogens with zero attached hydrogens (tertiary/aromatic N) is 4. The first-order chi connectivity index (χ1) is 36.4. The van der Waals surface area contributed by atoms with Crippen molar-refractivity contribution in [1.82, 2.24) is 40.4 Å². The molecule has 20 nitrogen and oxygen atoms in total. The van der Waals surface area contributed by atoms with E-state index >= 15 is 0 Å². The summed E-state index contributed by atoms with van der Waals surface area (Å²) in [5.41, 5.74) is 9.70. The van der Waals surface area contributed by atoms with Gasteiger partial charge in [-0.25, -0.2) is 19.2 Å². The number of aromatic carboxylic acids is 1. The molecule has 0 spiro atoms. The zero-order valence-electron chi connectivity index (χ0n) is 42.7. The molecule has 8 heterocycles. The number of fused-ring (bicyclic) bond motifs is 4. The van der Waals surface area contributed by atoms with Crippen molar-refractivity contribution in [2.45, 2.75) is 65.0 Å². The molecule has 2 aromatic carbocycles. The molecule has 20 heteroatoms. The van der Waals surface area contributed by atoms with Crippen molar-refractivity contribution < 1.29 is 48.0 Å². The maximum Gasteiger partial charge on any atom is 0.343 e. The van der Waals surface area contributed by atoms with Gasteiger partial charge in [-0.15, -0.1) is 0 Å². The molecule has 4 aromatic heterocycles. The highest BCUT2D eigenvalue weighted by Gasteiger charge is 2.27. The summed E-state index contributed by atoms with van der Waals surface area (Å²) >= 11 is 0. The van der Waals surface area contributed by atoms with E-state index in [-0.39, 0.29) is 27.5 Å². The average Bonchev–Trinajstić information content (AvgIpc) is 3.45. The van der Waals surface area contributed by atoms with Crippen LogP contribution in [0.3, 0.4) is 0 Å². The molecule has 394 valence electrons. The Morgan fingerprint density at radius 2 is 1.00 bits per heavy atom. The van der Waals surface area contributed by atoms with Crippen molar-refractivity contribution in [3.8, 4) is 11.5 Å². The molecule has 0 aliphatic carbocycles. The van der Waals surface area contributed by atoms with Gasteiger partial charge in [0, 0.05) is 111 Å². The van der Waals surface area contributed by atoms with Crippen LogP contribution in [0.5, 0.6) is 11.5 Å². The Kier molecular flexibility index (Phi) is 19.2. The van der Waals surface area contributed by atoms with E-state index in [1.54, 1.807) is 7.11 Å². The quantitative estimate of drug-likeness (QED) is 0.0942. The molecule has 0 radical (unpaired) electrons. The molecule has 4 aliphatic rings. The van der Waals surface area contributed by atoms with Crippen LogP contribution in [0.2, 0.25) is 0 Å². The van der Waals surface area contributed by atoms with Gasteiger partial charge >= 0.3 is 23.9 Å². The summed E-state index contributed by atoms with van der Waals surface area (Å²) < 4.78 is 24.5. The predicted molar refractivity (Wildman–Crippen MR) is 276 cm³/mol. The van der Waals surface area contributed by atoms with Gasteiger partial charge in [0.2, 0.25) is 0 Å². The van der Waals surface area contributed by atoms with Crippen molar-refractivity contribution in [3.05, 3.63) is 184 Å². The van der Waals surface area contributed by atoms with Crippen molar-refractivity contribution in [1.29, 1.82) is 0 Å². The maximum atomic E-state index is 12.3. The number of hydrogen-bond donors (Lipinski definition) is 5. The minimum Gasteiger partial charge on any atom is -0.495 e. The minimum absolute atomic E-state index is 0.0813. The standard InChI is InChI=1S/2C17H18N2O3.C11H14N2O3.C10H12N2O3/c1-22-16-13-7-8-19(10-12-5-3-2-4-6-12)11-15(13)18-9-14(16)17(20)21;1-22-17(21)14-9-18-15-11-19(8-7-13(15)16(14)20)10-12-5-3-2-4-6-12;1-15-10-7-3-4-12-6-9(7)13-5-8(10)11(14)16-2;1-15-10(14)7-4-12-8-5-11-3-2-6(8)9(7)13/h2-6,9H,7-8,10-11H2,1H3,(H,20,21);2-6,9H,7-8,10-11H2,1H3,(H,18,20);5,12H,3-4,6H2,1-2H3;4,11H,2-3,5H2,1H3,(H,12,13). The highest BCUT2D eigenvalue weighted by molar-refractivity contribution is 5.93. The molecule has 10 rings (SSSR count). The normalized spacial score (nSPS) is 14.4. The zero-order chi connectivity index (χ0) is 53.4. The maximum absolute atomic E-state index is 12.3. The minimum atomic E-state index is -1.00. The Hall–Kier alpha value is -8.04. The number of hydrogen-bond acceptors (Lipinski definition) is 17. The smallest absolute Gasteiger partial charge is 0.343 e. The molecule has 0 saturated carbocycles. The fraction of sp³-hybridized carbons (Fsp3) is 0.345. The number of esters is 3. The number of aromatic nitrogens is 4. The van der Waals surface area contributed by atoms with Crippen LogP contribution in [-0.4, -0.2) is 120 Å². The van der Waals surface area contributed by atoms with Crippen LogP contribution in [0.4, 0.5) is 0 Å². The van der Waals surface area contributed by atoms with Gasteiger partial charge in [0.15, 0.2) is 10.9 Å². The lowest BCUT2D eigenvalue weighted by atomic mass is 10.0. The molecule has 4 aliphatic heterocycles. The molecule has 6 aromatic rings. The third-order valence-corrected chi connectivity index (χ3v) is 13.1. The molecule has 75 heavy (non-hydrogen) atoms. The van der Waals surface area contributed by atoms with Crippen molar-refractivity contribution in [3.63, 3.8) is 0 Å². The fourth-order valence-electron chi connectivity index (χ4n) is 9.33. The number of pyridine rings is 4. The second-order valence-electron chi connectivity index (χ2n) is 17.8. The lowest BCUT2D eigenvalue weighted by molar-refractivity contribution is 0.0587. The van der Waals surface area contributed by atoms with Crippen LogP contribution in [0.25, 0.3) is 0 Å². The van der Waals surface area contributed by atoms with E-state index in [4.69, 9.17) is 14.2 Å². The van der Waals surface area contributed by atoms with Crippen molar-refractivity contribution >= 4 is 23.9 Å². The number of ether oxygens (including phenoxy) is 5. The van der Waals surface area contributed by atoms with Crippen LogP contribution >= 0.6 is 0 Å². The number of benzene rings is 2. The zero-order valence-corrected chi connectivity index (χ0v) is 42.7. The van der Waals surface area contributed by atoms with E-state index in [1.165, 1.54) is 64.4 Å².